The van der Waals surface area contributed by atoms with Crippen LogP contribution in [0.25, 0.3) is 6.08 Å². The first-order valence-electron chi connectivity index (χ1n) is 4.85. The topological polar surface area (TPSA) is 20.2 Å². The predicted octanol–water partition coefficient (Wildman–Crippen LogP) is 3.41. The quantitative estimate of drug-likeness (QED) is 0.810. The second-order valence-corrected chi connectivity index (χ2v) is 3.29. The van der Waals surface area contributed by atoms with Gasteiger partial charge in [0.15, 0.2) is 0 Å². The zero-order chi connectivity index (χ0) is 11.3. The summed E-state index contributed by atoms with van der Waals surface area (Å²) in [6, 6.07) is 6.18. The van der Waals surface area contributed by atoms with Crippen molar-refractivity contribution in [1.82, 2.24) is 0 Å². The molecule has 3 heteroatoms. The molecule has 1 nitrogen and oxygen atoms in total. The van der Waals surface area contributed by atoms with E-state index in [2.05, 4.69) is 0 Å². The van der Waals surface area contributed by atoms with E-state index in [0.717, 1.165) is 12.0 Å². The lowest BCUT2D eigenvalue weighted by Gasteiger charge is -2.03. The Morgan fingerprint density at radius 1 is 1.47 bits per heavy atom. The highest BCUT2D eigenvalue weighted by Crippen LogP contribution is 2.20. The molecule has 0 heterocycles. The minimum absolute atomic E-state index is 0.0112. The summed E-state index contributed by atoms with van der Waals surface area (Å²) in [5, 5.41) is 8.95. The van der Waals surface area contributed by atoms with Crippen molar-refractivity contribution in [3.05, 3.63) is 41.0 Å². The van der Waals surface area contributed by atoms with E-state index in [9.17, 15) is 8.78 Å². The van der Waals surface area contributed by atoms with Crippen molar-refractivity contribution in [3.63, 3.8) is 0 Å². The summed E-state index contributed by atoms with van der Waals surface area (Å²) in [6.07, 6.45) is 0.0129. The summed E-state index contributed by atoms with van der Waals surface area (Å²) in [6.45, 7) is 1.88. The first-order valence-corrected chi connectivity index (χ1v) is 4.85. The number of aliphatic hydroxyl groups excluding tert-OH is 1. The largest absolute Gasteiger partial charge is 0.392 e. The van der Waals surface area contributed by atoms with Gasteiger partial charge in [-0.1, -0.05) is 31.2 Å². The SMILES string of the molecule is CC/C(=C/c1cccc(C(F)F)c1)CO. The lowest BCUT2D eigenvalue weighted by atomic mass is 10.1. The van der Waals surface area contributed by atoms with Crippen molar-refractivity contribution >= 4 is 6.08 Å². The lowest BCUT2D eigenvalue weighted by molar-refractivity contribution is 0.151. The first-order chi connectivity index (χ1) is 7.17. The van der Waals surface area contributed by atoms with Crippen molar-refractivity contribution < 1.29 is 13.9 Å². The molecule has 0 unspecified atom stereocenters. The molecule has 0 aliphatic rings. The van der Waals surface area contributed by atoms with E-state index in [4.69, 9.17) is 5.11 Å². The van der Waals surface area contributed by atoms with Gasteiger partial charge in [-0.05, 0) is 23.6 Å². The van der Waals surface area contributed by atoms with E-state index < -0.39 is 6.43 Å². The second kappa shape index (κ2) is 5.61. The molecule has 0 saturated carbocycles. The van der Waals surface area contributed by atoms with Crippen LogP contribution in [0.5, 0.6) is 0 Å². The van der Waals surface area contributed by atoms with Crippen LogP contribution in [0.3, 0.4) is 0 Å². The molecule has 15 heavy (non-hydrogen) atoms. The molecule has 1 rings (SSSR count). The maximum Gasteiger partial charge on any atom is 0.263 e. The molecule has 0 aliphatic carbocycles. The van der Waals surface area contributed by atoms with Crippen LogP contribution in [0.1, 0.15) is 30.9 Å². The zero-order valence-electron chi connectivity index (χ0n) is 8.58. The van der Waals surface area contributed by atoms with Gasteiger partial charge < -0.3 is 5.11 Å². The number of hydrogen-bond acceptors (Lipinski definition) is 1. The minimum Gasteiger partial charge on any atom is -0.392 e. The Labute approximate surface area is 88.1 Å². The molecule has 82 valence electrons. The summed E-state index contributed by atoms with van der Waals surface area (Å²) >= 11 is 0. The van der Waals surface area contributed by atoms with Gasteiger partial charge in [0.2, 0.25) is 0 Å². The molecule has 0 spiro atoms. The summed E-state index contributed by atoms with van der Waals surface area (Å²) in [7, 11) is 0. The second-order valence-electron chi connectivity index (χ2n) is 3.29. The van der Waals surface area contributed by atoms with Gasteiger partial charge in [0.25, 0.3) is 6.43 Å². The highest BCUT2D eigenvalue weighted by molar-refractivity contribution is 5.54. The van der Waals surface area contributed by atoms with Crippen molar-refractivity contribution in [3.8, 4) is 0 Å². The molecular weight excluding hydrogens is 198 g/mol. The third-order valence-electron chi connectivity index (χ3n) is 2.19. The van der Waals surface area contributed by atoms with Crippen LogP contribution in [0, 0.1) is 0 Å². The fraction of sp³-hybridized carbons (Fsp3) is 0.333. The van der Waals surface area contributed by atoms with Gasteiger partial charge in [0.1, 0.15) is 0 Å². The first kappa shape index (κ1) is 11.9. The van der Waals surface area contributed by atoms with E-state index in [1.807, 2.05) is 6.92 Å². The molecule has 0 amide bonds. The van der Waals surface area contributed by atoms with Crippen LogP contribution in [-0.4, -0.2) is 11.7 Å². The number of hydrogen-bond donors (Lipinski definition) is 1. The van der Waals surface area contributed by atoms with E-state index in [0.29, 0.717) is 5.56 Å². The van der Waals surface area contributed by atoms with Crippen LogP contribution in [0.15, 0.2) is 29.8 Å². The van der Waals surface area contributed by atoms with Gasteiger partial charge in [-0.3, -0.25) is 0 Å². The number of halogens is 2. The molecule has 1 aromatic carbocycles. The van der Waals surface area contributed by atoms with Crippen molar-refractivity contribution in [2.45, 2.75) is 19.8 Å². The molecular formula is C12H14F2O. The molecule has 0 radical (unpaired) electrons. The van der Waals surface area contributed by atoms with Crippen LogP contribution in [0.4, 0.5) is 8.78 Å². The molecule has 0 bridgehead atoms. The van der Waals surface area contributed by atoms with Gasteiger partial charge in [-0.2, -0.15) is 0 Å². The van der Waals surface area contributed by atoms with Gasteiger partial charge in [0, 0.05) is 5.56 Å². The number of benzene rings is 1. The third-order valence-corrected chi connectivity index (χ3v) is 2.19. The number of rotatable bonds is 4. The molecule has 1 N–H and O–H groups in total. The average molecular weight is 212 g/mol. The number of aliphatic hydroxyl groups is 1. The normalized spacial score (nSPS) is 12.2. The Kier molecular flexibility index (Phi) is 4.43. The summed E-state index contributed by atoms with van der Waals surface area (Å²) in [5.41, 5.74) is 1.55. The predicted molar refractivity (Wildman–Crippen MR) is 56.8 cm³/mol. The molecule has 0 fully saturated rings. The monoisotopic (exact) mass is 212 g/mol. The third kappa shape index (κ3) is 3.44. The van der Waals surface area contributed by atoms with E-state index in [1.54, 1.807) is 18.2 Å². The Bertz CT molecular complexity index is 339. The van der Waals surface area contributed by atoms with E-state index in [1.165, 1.54) is 12.1 Å². The van der Waals surface area contributed by atoms with E-state index >= 15 is 0 Å². The van der Waals surface area contributed by atoms with Crippen molar-refractivity contribution in [1.29, 1.82) is 0 Å². The fourth-order valence-electron chi connectivity index (χ4n) is 1.28. The van der Waals surface area contributed by atoms with Crippen molar-refractivity contribution in [2.24, 2.45) is 0 Å². The minimum atomic E-state index is -2.45. The fourth-order valence-corrected chi connectivity index (χ4v) is 1.28. The van der Waals surface area contributed by atoms with Crippen LogP contribution in [0.2, 0.25) is 0 Å². The Morgan fingerprint density at radius 2 is 2.20 bits per heavy atom. The highest BCUT2D eigenvalue weighted by atomic mass is 19.3. The van der Waals surface area contributed by atoms with Crippen LogP contribution < -0.4 is 0 Å². The maximum atomic E-state index is 12.4. The highest BCUT2D eigenvalue weighted by Gasteiger charge is 2.06. The van der Waals surface area contributed by atoms with E-state index in [-0.39, 0.29) is 12.2 Å². The smallest absolute Gasteiger partial charge is 0.263 e. The molecule has 0 aromatic heterocycles. The van der Waals surface area contributed by atoms with Gasteiger partial charge in [-0.25, -0.2) is 8.78 Å². The summed E-state index contributed by atoms with van der Waals surface area (Å²) in [5.74, 6) is 0. The molecule has 0 saturated heterocycles. The maximum absolute atomic E-state index is 12.4. The van der Waals surface area contributed by atoms with Crippen LogP contribution in [-0.2, 0) is 0 Å². The Hall–Kier alpha value is -1.22. The average Bonchev–Trinajstić information content (AvgIpc) is 2.26. The summed E-state index contributed by atoms with van der Waals surface area (Å²) in [4.78, 5) is 0. The lowest BCUT2D eigenvalue weighted by Crippen LogP contribution is -1.89. The molecule has 0 atom stereocenters. The molecule has 1 aromatic rings. The van der Waals surface area contributed by atoms with Gasteiger partial charge in [0.05, 0.1) is 6.61 Å². The van der Waals surface area contributed by atoms with Crippen molar-refractivity contribution in [2.75, 3.05) is 6.61 Å². The van der Waals surface area contributed by atoms with Crippen LogP contribution >= 0.6 is 0 Å². The Balaban J connectivity index is 2.95. The Morgan fingerprint density at radius 3 is 2.73 bits per heavy atom. The standard InChI is InChI=1S/C12H14F2O/c1-2-9(8-15)6-10-4-3-5-11(7-10)12(13)14/h3-7,12,15H,2,8H2,1H3/b9-6-. The van der Waals surface area contributed by atoms with Gasteiger partial charge in [-0.15, -0.1) is 0 Å². The van der Waals surface area contributed by atoms with Gasteiger partial charge >= 0.3 is 0 Å². The zero-order valence-corrected chi connectivity index (χ0v) is 8.58. The number of alkyl halides is 2. The molecule has 0 aliphatic heterocycles. The summed E-state index contributed by atoms with van der Waals surface area (Å²) < 4.78 is 24.8.